The van der Waals surface area contributed by atoms with Gasteiger partial charge in [0.1, 0.15) is 0 Å². The van der Waals surface area contributed by atoms with Crippen LogP contribution in [0.4, 0.5) is 0 Å². The summed E-state index contributed by atoms with van der Waals surface area (Å²) in [5.41, 5.74) is 0.0842. The monoisotopic (exact) mass is 649 g/mol. The topological polar surface area (TPSA) is 114 Å². The molecule has 0 spiro atoms. The molecule has 8 nitrogen and oxygen atoms in total. The van der Waals surface area contributed by atoms with Crippen molar-refractivity contribution in [3.63, 3.8) is 0 Å². The minimum absolute atomic E-state index is 0.00483. The summed E-state index contributed by atoms with van der Waals surface area (Å²) < 4.78 is 17.0. The molecule has 46 heavy (non-hydrogen) atoms. The van der Waals surface area contributed by atoms with Crippen molar-refractivity contribution in [3.05, 3.63) is 0 Å². The molecule has 0 aromatic heterocycles. The molecule has 4 aliphatic rings. The molecule has 8 heteroatoms. The molecule has 4 saturated carbocycles. The normalized spacial score (nSPS) is 38.2. The van der Waals surface area contributed by atoms with Crippen molar-refractivity contribution in [3.8, 4) is 0 Å². The van der Waals surface area contributed by atoms with E-state index in [0.717, 1.165) is 70.6 Å². The molecule has 0 bridgehead atoms. The van der Waals surface area contributed by atoms with Crippen LogP contribution in [0.1, 0.15) is 125 Å². The summed E-state index contributed by atoms with van der Waals surface area (Å²) in [4.78, 5) is 24.2. The second kappa shape index (κ2) is 16.0. The smallest absolute Gasteiger partial charge is 0.305 e. The standard InChI is InChI=1S/C38H67NO7/c1-8-36(4,9-2)24-45-18-15-33(42)39-17-19-46-28-14-16-37(5)23-26-20-32(41)38(6)29(25(3)10-13-34(43)44-7)11-12-30(38)35(26)31(40)22-27(37)21-28/h25-32,35,40-41H,8-24H2,1-7H3,(H,39,42)/t25?,26?,27-,28-,29?,30-,31+,32-,35+,37+,38+/m0/s1. The zero-order valence-electron chi connectivity index (χ0n) is 30.2. The van der Waals surface area contributed by atoms with Crippen molar-refractivity contribution in [2.75, 3.05) is 33.5 Å². The number of aliphatic hydroxyl groups is 2. The Kier molecular flexibility index (Phi) is 13.1. The van der Waals surface area contributed by atoms with Gasteiger partial charge in [-0.3, -0.25) is 9.59 Å². The Morgan fingerprint density at radius 3 is 2.46 bits per heavy atom. The fraction of sp³-hybridized carbons (Fsp3) is 0.947. The Hall–Kier alpha value is -1.22. The van der Waals surface area contributed by atoms with Crippen LogP contribution in [0.25, 0.3) is 0 Å². The van der Waals surface area contributed by atoms with Crippen molar-refractivity contribution in [1.82, 2.24) is 5.32 Å². The summed E-state index contributed by atoms with van der Waals surface area (Å²) in [7, 11) is 1.44. The lowest BCUT2D eigenvalue weighted by molar-refractivity contribution is -0.143. The van der Waals surface area contributed by atoms with E-state index in [1.54, 1.807) is 0 Å². The number of carbonyl (C=O) groups is 2. The number of ether oxygens (including phenoxy) is 3. The Morgan fingerprint density at radius 2 is 1.76 bits per heavy atom. The van der Waals surface area contributed by atoms with Crippen LogP contribution in [0.3, 0.4) is 0 Å². The van der Waals surface area contributed by atoms with Gasteiger partial charge in [0.15, 0.2) is 0 Å². The molecule has 0 radical (unpaired) electrons. The Morgan fingerprint density at radius 1 is 1.02 bits per heavy atom. The van der Waals surface area contributed by atoms with Gasteiger partial charge in [-0.25, -0.2) is 0 Å². The zero-order valence-corrected chi connectivity index (χ0v) is 30.2. The van der Waals surface area contributed by atoms with E-state index in [-0.39, 0.29) is 52.4 Å². The van der Waals surface area contributed by atoms with Crippen LogP contribution in [-0.2, 0) is 23.8 Å². The summed E-state index contributed by atoms with van der Waals surface area (Å²) in [6, 6.07) is 0. The average Bonchev–Trinajstić information content (AvgIpc) is 3.34. The summed E-state index contributed by atoms with van der Waals surface area (Å²) in [6.07, 6.45) is 10.8. The number of carbonyl (C=O) groups excluding carboxylic acids is 2. The van der Waals surface area contributed by atoms with Crippen molar-refractivity contribution in [2.45, 2.75) is 143 Å². The molecule has 266 valence electrons. The maximum absolute atomic E-state index is 12.3. The van der Waals surface area contributed by atoms with Gasteiger partial charge in [-0.15, -0.1) is 0 Å². The summed E-state index contributed by atoms with van der Waals surface area (Å²) in [5.74, 6) is 1.73. The first-order valence-corrected chi connectivity index (χ1v) is 18.7. The summed E-state index contributed by atoms with van der Waals surface area (Å²) >= 11 is 0. The van der Waals surface area contributed by atoms with Gasteiger partial charge in [-0.1, -0.05) is 41.5 Å². The van der Waals surface area contributed by atoms with E-state index < -0.39 is 0 Å². The molecule has 0 heterocycles. The van der Waals surface area contributed by atoms with Gasteiger partial charge in [-0.2, -0.15) is 0 Å². The highest BCUT2D eigenvalue weighted by atomic mass is 16.5. The highest BCUT2D eigenvalue weighted by Gasteiger charge is 2.62. The molecule has 4 fully saturated rings. The van der Waals surface area contributed by atoms with E-state index in [1.165, 1.54) is 7.11 Å². The van der Waals surface area contributed by atoms with E-state index in [9.17, 15) is 19.8 Å². The maximum atomic E-state index is 12.3. The lowest BCUT2D eigenvalue weighted by Gasteiger charge is -2.54. The Bertz CT molecular complexity index is 1000. The molecule has 11 atom stereocenters. The van der Waals surface area contributed by atoms with Crippen molar-refractivity contribution < 1.29 is 34.0 Å². The van der Waals surface area contributed by atoms with Gasteiger partial charge in [0.05, 0.1) is 45.2 Å². The van der Waals surface area contributed by atoms with Crippen LogP contribution in [0.2, 0.25) is 0 Å². The number of methoxy groups -OCH3 is 1. The van der Waals surface area contributed by atoms with E-state index in [4.69, 9.17) is 14.2 Å². The Balaban J connectivity index is 1.27. The van der Waals surface area contributed by atoms with Gasteiger partial charge in [0.2, 0.25) is 5.91 Å². The summed E-state index contributed by atoms with van der Waals surface area (Å²) in [6.45, 7) is 15.7. The number of rotatable bonds is 15. The molecule has 3 unspecified atom stereocenters. The number of hydrogen-bond acceptors (Lipinski definition) is 7. The molecule has 3 N–H and O–H groups in total. The molecular weight excluding hydrogens is 582 g/mol. The number of nitrogens with one attached hydrogen (secondary N) is 1. The van der Waals surface area contributed by atoms with Gasteiger partial charge < -0.3 is 29.7 Å². The third kappa shape index (κ3) is 8.31. The molecular formula is C38H67NO7. The van der Waals surface area contributed by atoms with Crippen molar-refractivity contribution in [1.29, 1.82) is 0 Å². The number of esters is 1. The number of amides is 1. The highest BCUT2D eigenvalue weighted by molar-refractivity contribution is 5.75. The molecule has 0 aromatic carbocycles. The zero-order chi connectivity index (χ0) is 33.7. The third-order valence-electron chi connectivity index (χ3n) is 14.0. The van der Waals surface area contributed by atoms with Gasteiger partial charge in [0.25, 0.3) is 0 Å². The fourth-order valence-corrected chi connectivity index (χ4v) is 10.4. The molecule has 1 amide bonds. The van der Waals surface area contributed by atoms with Crippen LogP contribution < -0.4 is 5.32 Å². The first-order chi connectivity index (χ1) is 21.8. The van der Waals surface area contributed by atoms with Crippen LogP contribution in [0, 0.1) is 51.8 Å². The lowest BCUT2D eigenvalue weighted by atomic mass is 9.52. The second-order valence-electron chi connectivity index (χ2n) is 16.6. The maximum Gasteiger partial charge on any atom is 0.305 e. The largest absolute Gasteiger partial charge is 0.469 e. The molecule has 0 aliphatic heterocycles. The third-order valence-corrected chi connectivity index (χ3v) is 14.0. The second-order valence-corrected chi connectivity index (χ2v) is 16.6. The van der Waals surface area contributed by atoms with Crippen LogP contribution in [-0.4, -0.2) is 73.9 Å². The van der Waals surface area contributed by atoms with Crippen LogP contribution >= 0.6 is 0 Å². The van der Waals surface area contributed by atoms with E-state index in [0.29, 0.717) is 68.8 Å². The quantitative estimate of drug-likeness (QED) is 0.141. The number of fused-ring (bicyclic) bond motifs is 4. The fourth-order valence-electron chi connectivity index (χ4n) is 10.4. The van der Waals surface area contributed by atoms with Gasteiger partial charge >= 0.3 is 5.97 Å². The molecule has 0 aromatic rings. The van der Waals surface area contributed by atoms with E-state index >= 15 is 0 Å². The predicted octanol–water partition coefficient (Wildman–Crippen LogP) is 6.30. The van der Waals surface area contributed by atoms with Crippen molar-refractivity contribution >= 4 is 11.9 Å². The SMILES string of the molecule is CCC(C)(CC)COCCC(=O)NCCO[C@H]1CC[C@]2(C)CC3C[C@H](O)[C@]4(C)C(C(C)CCC(=O)OC)CC[C@H]4[C@@H]3[C@H](O)C[C@@H]2C1. The minimum Gasteiger partial charge on any atom is -0.469 e. The van der Waals surface area contributed by atoms with E-state index in [1.807, 2.05) is 0 Å². The lowest BCUT2D eigenvalue weighted by Crippen LogP contribution is -2.54. The van der Waals surface area contributed by atoms with Crippen LogP contribution in [0.5, 0.6) is 0 Å². The van der Waals surface area contributed by atoms with Crippen LogP contribution in [0.15, 0.2) is 0 Å². The highest BCUT2D eigenvalue weighted by Crippen LogP contribution is 2.65. The molecule has 0 saturated heterocycles. The Labute approximate surface area is 279 Å². The van der Waals surface area contributed by atoms with Crippen molar-refractivity contribution in [2.24, 2.45) is 51.8 Å². The minimum atomic E-state index is -0.381. The average molecular weight is 650 g/mol. The van der Waals surface area contributed by atoms with Gasteiger partial charge in [0, 0.05) is 19.4 Å². The predicted molar refractivity (Wildman–Crippen MR) is 180 cm³/mol. The molecule has 4 rings (SSSR count). The number of aliphatic hydroxyl groups excluding tert-OH is 2. The first kappa shape index (κ1) is 37.6. The number of hydrogen-bond donors (Lipinski definition) is 3. The molecule has 4 aliphatic carbocycles. The van der Waals surface area contributed by atoms with E-state index in [2.05, 4.69) is 46.9 Å². The van der Waals surface area contributed by atoms with Gasteiger partial charge in [-0.05, 0) is 122 Å². The summed E-state index contributed by atoms with van der Waals surface area (Å²) in [5, 5.41) is 26.7. The first-order valence-electron chi connectivity index (χ1n) is 18.7.